The van der Waals surface area contributed by atoms with Crippen LogP contribution in [0, 0.1) is 11.6 Å². The van der Waals surface area contributed by atoms with E-state index in [1.807, 2.05) is 0 Å². The van der Waals surface area contributed by atoms with Gasteiger partial charge in [0.25, 0.3) is 0 Å². The van der Waals surface area contributed by atoms with Gasteiger partial charge in [0, 0.05) is 22.1 Å². The Balaban J connectivity index is 1.25. The van der Waals surface area contributed by atoms with Crippen molar-refractivity contribution in [2.45, 2.75) is 0 Å². The molecule has 0 saturated carbocycles. The summed E-state index contributed by atoms with van der Waals surface area (Å²) in [6.45, 7) is 0. The Bertz CT molecular complexity index is 3810. The zero-order valence-electron chi connectivity index (χ0n) is 48.7. The molecule has 4 heteroatoms. The van der Waals surface area contributed by atoms with E-state index in [0.29, 0.717) is 32.3 Å². The average Bonchev–Trinajstić information content (AvgIpc) is 3.46. The molecule has 266 valence electrons. The summed E-state index contributed by atoms with van der Waals surface area (Å²) in [6.07, 6.45) is 0. The first kappa shape index (κ1) is 18.4. The van der Waals surface area contributed by atoms with E-state index in [2.05, 4.69) is 0 Å². The lowest BCUT2D eigenvalue weighted by Gasteiger charge is -2.29. The van der Waals surface area contributed by atoms with E-state index in [0.717, 1.165) is 21.9 Å². The molecule has 0 saturated heterocycles. The molecule has 10 aromatic carbocycles. The van der Waals surface area contributed by atoms with Gasteiger partial charge in [-0.15, -0.1) is 0 Å². The molecule has 0 aliphatic heterocycles. The van der Waals surface area contributed by atoms with E-state index in [1.54, 1.807) is 36.4 Å². The van der Waals surface area contributed by atoms with Gasteiger partial charge in [-0.3, -0.25) is 0 Å². The fraction of sp³-hybridized carbons (Fsp3) is 0. The van der Waals surface area contributed by atoms with Crippen LogP contribution in [0.25, 0.3) is 54.6 Å². The Kier molecular flexibility index (Phi) is 4.54. The van der Waals surface area contributed by atoms with Crippen LogP contribution in [0.1, 0.15) is 27.4 Å². The number of benzene rings is 10. The van der Waals surface area contributed by atoms with E-state index in [4.69, 9.17) is 27.4 Å². The SMILES string of the molecule is [2H]c1c([2H])c([2H])c(-c2ccc(N(c3c([2H])c([2H])c([2H])c([2H])c3[2H])c3ccc4ccc5c(N(c6ccc(-c7c([2H])c([2H])c([2H])c([2H])c7[2H])cc6F)c6c([2H])c([2H])c([2H])c([2H])c6[2H])ccc6ccc3c4c65)c(F)c2)c([2H])c1[2H]. The summed E-state index contributed by atoms with van der Waals surface area (Å²) in [5.41, 5.74) is -2.44. The lowest BCUT2D eigenvalue weighted by Crippen LogP contribution is -2.13. The molecule has 56 heavy (non-hydrogen) atoms. The Labute approximate surface area is 352 Å². The van der Waals surface area contributed by atoms with Crippen molar-refractivity contribution >= 4 is 66.4 Å². The van der Waals surface area contributed by atoms with Gasteiger partial charge in [0.15, 0.2) is 0 Å². The van der Waals surface area contributed by atoms with Gasteiger partial charge in [-0.05, 0) is 104 Å². The third-order valence-corrected chi connectivity index (χ3v) is 9.48. The maximum atomic E-state index is 17.2. The van der Waals surface area contributed by atoms with Crippen molar-refractivity contribution in [3.8, 4) is 22.3 Å². The van der Waals surface area contributed by atoms with Crippen LogP contribution in [-0.2, 0) is 0 Å². The molecule has 10 rings (SSSR count). The zero-order chi connectivity index (χ0) is 55.0. The summed E-state index contributed by atoms with van der Waals surface area (Å²) >= 11 is 0. The van der Waals surface area contributed by atoms with Crippen molar-refractivity contribution in [3.05, 3.63) is 217 Å². The van der Waals surface area contributed by atoms with E-state index in [-0.39, 0.29) is 45.0 Å². The second-order valence-electron chi connectivity index (χ2n) is 12.5. The van der Waals surface area contributed by atoms with Crippen LogP contribution in [0.2, 0.25) is 0 Å². The molecular formula is C52H34F2N2. The summed E-state index contributed by atoms with van der Waals surface area (Å²) in [6, 6.07) is 6.04. The second kappa shape index (κ2) is 13.8. The van der Waals surface area contributed by atoms with Gasteiger partial charge < -0.3 is 9.80 Å². The van der Waals surface area contributed by atoms with Crippen molar-refractivity contribution in [1.29, 1.82) is 0 Å². The lowest BCUT2D eigenvalue weighted by atomic mass is 9.91. The number of halogens is 2. The minimum atomic E-state index is -1.09. The summed E-state index contributed by atoms with van der Waals surface area (Å²) in [5.74, 6) is -2.17. The molecule has 0 atom stereocenters. The van der Waals surface area contributed by atoms with E-state index < -0.39 is 144 Å². The summed E-state index contributed by atoms with van der Waals surface area (Å²) < 4.78 is 205. The largest absolute Gasteiger partial charge is 0.307 e. The second-order valence-corrected chi connectivity index (χ2v) is 12.5. The van der Waals surface area contributed by atoms with E-state index in [9.17, 15) is 0 Å². The molecule has 0 amide bonds. The Morgan fingerprint density at radius 3 is 1.05 bits per heavy atom. The summed E-state index contributed by atoms with van der Waals surface area (Å²) in [4.78, 5) is 2.25. The topological polar surface area (TPSA) is 6.48 Å². The van der Waals surface area contributed by atoms with Crippen molar-refractivity contribution in [1.82, 2.24) is 0 Å². The molecule has 0 radical (unpaired) electrons. The molecule has 0 bridgehead atoms. The predicted octanol–water partition coefficient (Wildman–Crippen LogP) is 15.1. The Morgan fingerprint density at radius 2 is 0.679 bits per heavy atom. The van der Waals surface area contributed by atoms with E-state index in [1.165, 1.54) is 36.4 Å². The molecule has 0 unspecified atom stereocenters. The van der Waals surface area contributed by atoms with Crippen LogP contribution in [0.3, 0.4) is 0 Å². The first-order valence-corrected chi connectivity index (χ1v) is 17.1. The third-order valence-electron chi connectivity index (χ3n) is 9.48. The van der Waals surface area contributed by atoms with Crippen LogP contribution < -0.4 is 9.80 Å². The lowest BCUT2D eigenvalue weighted by molar-refractivity contribution is 0.629. The van der Waals surface area contributed by atoms with Crippen molar-refractivity contribution in [2.75, 3.05) is 9.80 Å². The quantitative estimate of drug-likeness (QED) is 0.143. The minimum Gasteiger partial charge on any atom is -0.307 e. The monoisotopic (exact) mass is 744 g/mol. The van der Waals surface area contributed by atoms with Gasteiger partial charge in [0.05, 0.1) is 50.2 Å². The summed E-state index contributed by atoms with van der Waals surface area (Å²) in [5, 5.41) is 2.57. The average molecular weight is 745 g/mol. The van der Waals surface area contributed by atoms with Crippen LogP contribution in [-0.4, -0.2) is 0 Å². The maximum absolute atomic E-state index is 17.2. The summed E-state index contributed by atoms with van der Waals surface area (Å²) in [7, 11) is 0. The molecule has 0 spiro atoms. The van der Waals surface area contributed by atoms with Gasteiger partial charge in [-0.2, -0.15) is 0 Å². The van der Waals surface area contributed by atoms with Crippen LogP contribution in [0.15, 0.2) is 206 Å². The van der Waals surface area contributed by atoms with Gasteiger partial charge in [0.2, 0.25) is 0 Å². The Hall–Kier alpha value is -7.30. The van der Waals surface area contributed by atoms with Gasteiger partial charge in [-0.25, -0.2) is 8.78 Å². The maximum Gasteiger partial charge on any atom is 0.147 e. The zero-order valence-corrected chi connectivity index (χ0v) is 28.7. The van der Waals surface area contributed by atoms with Gasteiger partial charge in [-0.1, -0.05) is 145 Å². The molecule has 0 heterocycles. The molecule has 0 aliphatic carbocycles. The van der Waals surface area contributed by atoms with Crippen LogP contribution >= 0.6 is 0 Å². The van der Waals surface area contributed by atoms with Crippen molar-refractivity contribution in [2.24, 2.45) is 0 Å². The van der Waals surface area contributed by atoms with Crippen molar-refractivity contribution < 1.29 is 36.2 Å². The van der Waals surface area contributed by atoms with Gasteiger partial charge >= 0.3 is 0 Å². The fourth-order valence-corrected chi connectivity index (χ4v) is 7.09. The molecule has 0 fully saturated rings. The normalized spacial score (nSPS) is 16.4. The standard InChI is InChI=1S/C52H34F2N2/c53-45-33-39(35-13-5-1-6-14-35)25-31-49(45)55(41-17-9-3-10-18-41)47-29-23-37-22-28-44-48(30-24-38-21-27-43(47)51(37)52(38)44)56(42-19-11-4-12-20-42)50-32-26-40(34-46(50)54)36-15-7-2-8-16-36/h1-34H/i1D,2D,3D,4D,5D,6D,7D,8D,9D,10D,11D,12D,13D,14D,15D,16D,17D,18D,19D,20D. The smallest absolute Gasteiger partial charge is 0.147 e. The third kappa shape index (κ3) is 5.71. The van der Waals surface area contributed by atoms with Gasteiger partial charge in [0.1, 0.15) is 11.6 Å². The molecule has 0 N–H and O–H groups in total. The minimum absolute atomic E-state index is 0.0667. The number of hydrogen-bond acceptors (Lipinski definition) is 2. The van der Waals surface area contributed by atoms with E-state index >= 15 is 8.78 Å². The fourth-order valence-electron chi connectivity index (χ4n) is 7.09. The highest BCUT2D eigenvalue weighted by atomic mass is 19.1. The number of hydrogen-bond donors (Lipinski definition) is 0. The molecule has 2 nitrogen and oxygen atoms in total. The number of rotatable bonds is 8. The predicted molar refractivity (Wildman–Crippen MR) is 230 cm³/mol. The highest BCUT2D eigenvalue weighted by Crippen LogP contribution is 2.48. The molecule has 0 aromatic heterocycles. The first-order chi connectivity index (χ1) is 35.9. The number of nitrogens with zero attached hydrogens (tertiary/aromatic N) is 2. The molecule has 0 aliphatic rings. The molecular weight excluding hydrogens is 691 g/mol. The first-order valence-electron chi connectivity index (χ1n) is 27.1. The van der Waals surface area contributed by atoms with Crippen LogP contribution in [0.4, 0.5) is 42.9 Å². The number of anilines is 6. The highest BCUT2D eigenvalue weighted by molar-refractivity contribution is 6.28. The van der Waals surface area contributed by atoms with Crippen molar-refractivity contribution in [3.63, 3.8) is 0 Å². The highest BCUT2D eigenvalue weighted by Gasteiger charge is 2.24. The Morgan fingerprint density at radius 1 is 0.339 bits per heavy atom. The van der Waals surface area contributed by atoms with Crippen LogP contribution in [0.5, 0.6) is 0 Å². The molecule has 10 aromatic rings. The number of para-hydroxylation sites is 2.